The normalized spacial score (nSPS) is 10.1. The highest BCUT2D eigenvalue weighted by molar-refractivity contribution is 5.47. The average Bonchev–Trinajstić information content (AvgIpc) is 2.12. The molecule has 0 heterocycles. The molecule has 2 nitrogen and oxygen atoms in total. The molecule has 0 amide bonds. The Kier molecular flexibility index (Phi) is 3.77. The van der Waals surface area contributed by atoms with Crippen molar-refractivity contribution in [1.29, 1.82) is 0 Å². The van der Waals surface area contributed by atoms with Crippen LogP contribution >= 0.6 is 0 Å². The van der Waals surface area contributed by atoms with E-state index < -0.39 is 0 Å². The fourth-order valence-corrected chi connectivity index (χ4v) is 1.18. The van der Waals surface area contributed by atoms with E-state index in [1.165, 1.54) is 16.8 Å². The van der Waals surface area contributed by atoms with Gasteiger partial charge < -0.3 is 10.6 Å². The van der Waals surface area contributed by atoms with Crippen LogP contribution < -0.4 is 10.6 Å². The summed E-state index contributed by atoms with van der Waals surface area (Å²) in [6.45, 7) is 6.23. The van der Waals surface area contributed by atoms with Crippen molar-refractivity contribution in [3.63, 3.8) is 0 Å². The van der Waals surface area contributed by atoms with E-state index in [1.54, 1.807) is 0 Å². The van der Waals surface area contributed by atoms with Gasteiger partial charge in [0.2, 0.25) is 0 Å². The zero-order valence-electron chi connectivity index (χ0n) is 8.65. The third-order valence-electron chi connectivity index (χ3n) is 2.21. The van der Waals surface area contributed by atoms with E-state index in [0.29, 0.717) is 0 Å². The molecule has 1 aromatic rings. The van der Waals surface area contributed by atoms with Gasteiger partial charge in [-0.15, -0.1) is 0 Å². The number of nitrogens with one attached hydrogen (secondary N) is 2. The van der Waals surface area contributed by atoms with Gasteiger partial charge in [0.05, 0.1) is 0 Å². The van der Waals surface area contributed by atoms with Crippen LogP contribution in [0.4, 0.5) is 5.69 Å². The molecule has 0 spiro atoms. The number of rotatable bonds is 4. The van der Waals surface area contributed by atoms with Crippen LogP contribution in [0.1, 0.15) is 11.1 Å². The summed E-state index contributed by atoms with van der Waals surface area (Å²) in [5.74, 6) is 0. The maximum Gasteiger partial charge on any atom is 0.0343 e. The van der Waals surface area contributed by atoms with E-state index in [4.69, 9.17) is 0 Å². The highest BCUT2D eigenvalue weighted by Gasteiger charge is 1.94. The van der Waals surface area contributed by atoms with Gasteiger partial charge in [-0.3, -0.25) is 0 Å². The quantitative estimate of drug-likeness (QED) is 0.688. The smallest absolute Gasteiger partial charge is 0.0343 e. The molecule has 0 bridgehead atoms. The molecule has 0 saturated carbocycles. The van der Waals surface area contributed by atoms with Gasteiger partial charge in [0.1, 0.15) is 0 Å². The van der Waals surface area contributed by atoms with Crippen LogP contribution in [0, 0.1) is 13.8 Å². The molecule has 0 saturated heterocycles. The Balaban J connectivity index is 2.53. The Morgan fingerprint density at radius 3 is 2.46 bits per heavy atom. The molecule has 1 aromatic carbocycles. The summed E-state index contributed by atoms with van der Waals surface area (Å²) in [6.07, 6.45) is 0. The van der Waals surface area contributed by atoms with E-state index in [1.807, 2.05) is 7.05 Å². The number of hydrogen-bond acceptors (Lipinski definition) is 2. The minimum atomic E-state index is 0.971. The fraction of sp³-hybridized carbons (Fsp3) is 0.455. The molecule has 13 heavy (non-hydrogen) atoms. The average molecular weight is 178 g/mol. The third-order valence-corrected chi connectivity index (χ3v) is 2.21. The number of benzene rings is 1. The lowest BCUT2D eigenvalue weighted by atomic mass is 10.1. The minimum absolute atomic E-state index is 0.971. The molecule has 0 atom stereocenters. The molecule has 72 valence electrons. The molecular formula is C11H18N2. The van der Waals surface area contributed by atoms with E-state index in [9.17, 15) is 0 Å². The monoisotopic (exact) mass is 178 g/mol. The van der Waals surface area contributed by atoms with Gasteiger partial charge in [0.15, 0.2) is 0 Å². The van der Waals surface area contributed by atoms with Gasteiger partial charge >= 0.3 is 0 Å². The van der Waals surface area contributed by atoms with Crippen molar-refractivity contribution in [2.45, 2.75) is 13.8 Å². The van der Waals surface area contributed by atoms with Crippen LogP contribution in [0.15, 0.2) is 18.2 Å². The zero-order valence-corrected chi connectivity index (χ0v) is 8.65. The van der Waals surface area contributed by atoms with E-state index in [-0.39, 0.29) is 0 Å². The van der Waals surface area contributed by atoms with E-state index >= 15 is 0 Å². The van der Waals surface area contributed by atoms with Gasteiger partial charge in [0.25, 0.3) is 0 Å². The number of aryl methyl sites for hydroxylation is 2. The molecular weight excluding hydrogens is 160 g/mol. The summed E-state index contributed by atoms with van der Waals surface area (Å²) in [5.41, 5.74) is 3.90. The van der Waals surface area contributed by atoms with Crippen LogP contribution in [0.2, 0.25) is 0 Å². The van der Waals surface area contributed by atoms with E-state index in [2.05, 4.69) is 42.7 Å². The van der Waals surface area contributed by atoms with Crippen molar-refractivity contribution in [3.8, 4) is 0 Å². The summed E-state index contributed by atoms with van der Waals surface area (Å²) >= 11 is 0. The van der Waals surface area contributed by atoms with Crippen molar-refractivity contribution in [2.75, 3.05) is 25.5 Å². The Morgan fingerprint density at radius 2 is 1.85 bits per heavy atom. The highest BCUT2D eigenvalue weighted by atomic mass is 14.9. The van der Waals surface area contributed by atoms with Gasteiger partial charge in [-0.2, -0.15) is 0 Å². The van der Waals surface area contributed by atoms with Gasteiger partial charge in [-0.05, 0) is 44.2 Å². The summed E-state index contributed by atoms with van der Waals surface area (Å²) < 4.78 is 0. The summed E-state index contributed by atoms with van der Waals surface area (Å²) in [5, 5.41) is 6.45. The third kappa shape index (κ3) is 3.07. The SMILES string of the molecule is CNCCNc1ccc(C)c(C)c1. The second-order valence-electron chi connectivity index (χ2n) is 3.33. The molecule has 1 rings (SSSR count). The number of hydrogen-bond donors (Lipinski definition) is 2. The van der Waals surface area contributed by atoms with Gasteiger partial charge in [-0.25, -0.2) is 0 Å². The first kappa shape index (κ1) is 10.1. The lowest BCUT2D eigenvalue weighted by Gasteiger charge is -2.07. The largest absolute Gasteiger partial charge is 0.384 e. The summed E-state index contributed by atoms with van der Waals surface area (Å²) in [7, 11) is 1.96. The second-order valence-corrected chi connectivity index (χ2v) is 3.33. The zero-order chi connectivity index (χ0) is 9.68. The molecule has 0 radical (unpaired) electrons. The van der Waals surface area contributed by atoms with E-state index in [0.717, 1.165) is 13.1 Å². The van der Waals surface area contributed by atoms with Crippen LogP contribution in [0.25, 0.3) is 0 Å². The predicted octanol–water partition coefficient (Wildman–Crippen LogP) is 1.93. The maximum atomic E-state index is 3.35. The summed E-state index contributed by atoms with van der Waals surface area (Å²) in [4.78, 5) is 0. The minimum Gasteiger partial charge on any atom is -0.384 e. The van der Waals surface area contributed by atoms with Crippen molar-refractivity contribution in [3.05, 3.63) is 29.3 Å². The fourth-order valence-electron chi connectivity index (χ4n) is 1.18. The molecule has 0 unspecified atom stereocenters. The molecule has 0 aliphatic carbocycles. The first-order valence-electron chi connectivity index (χ1n) is 4.70. The summed E-state index contributed by atoms with van der Waals surface area (Å²) in [6, 6.07) is 6.46. The topological polar surface area (TPSA) is 24.1 Å². The lowest BCUT2D eigenvalue weighted by molar-refractivity contribution is 0.824. The lowest BCUT2D eigenvalue weighted by Crippen LogP contribution is -2.17. The van der Waals surface area contributed by atoms with Crippen molar-refractivity contribution in [2.24, 2.45) is 0 Å². The predicted molar refractivity (Wildman–Crippen MR) is 58.3 cm³/mol. The van der Waals surface area contributed by atoms with Crippen molar-refractivity contribution in [1.82, 2.24) is 5.32 Å². The molecule has 0 aromatic heterocycles. The molecule has 0 aliphatic rings. The van der Waals surface area contributed by atoms with Crippen LogP contribution in [0.5, 0.6) is 0 Å². The Morgan fingerprint density at radius 1 is 1.08 bits per heavy atom. The first-order valence-corrected chi connectivity index (χ1v) is 4.70. The first-order chi connectivity index (χ1) is 6.24. The molecule has 0 aliphatic heterocycles. The second kappa shape index (κ2) is 4.87. The molecule has 2 heteroatoms. The maximum absolute atomic E-state index is 3.35. The molecule has 2 N–H and O–H groups in total. The highest BCUT2D eigenvalue weighted by Crippen LogP contribution is 2.13. The number of likely N-dealkylation sites (N-methyl/N-ethyl adjacent to an activating group) is 1. The van der Waals surface area contributed by atoms with Crippen LogP contribution in [-0.4, -0.2) is 20.1 Å². The Bertz CT molecular complexity index is 269. The van der Waals surface area contributed by atoms with Gasteiger partial charge in [-0.1, -0.05) is 6.07 Å². The van der Waals surface area contributed by atoms with Crippen molar-refractivity contribution < 1.29 is 0 Å². The Labute approximate surface area is 80.4 Å². The Hall–Kier alpha value is -1.02. The van der Waals surface area contributed by atoms with Gasteiger partial charge in [0, 0.05) is 18.8 Å². The van der Waals surface area contributed by atoms with Crippen LogP contribution in [0.3, 0.4) is 0 Å². The number of anilines is 1. The standard InChI is InChI=1S/C11H18N2/c1-9-4-5-11(8-10(9)2)13-7-6-12-3/h4-5,8,12-13H,6-7H2,1-3H3. The molecule has 0 fully saturated rings. The van der Waals surface area contributed by atoms with Crippen LogP contribution in [-0.2, 0) is 0 Å². The van der Waals surface area contributed by atoms with Crippen molar-refractivity contribution >= 4 is 5.69 Å².